The monoisotopic (exact) mass is 348 g/mol. The Morgan fingerprint density at radius 3 is 2.52 bits per heavy atom. The summed E-state index contributed by atoms with van der Waals surface area (Å²) in [7, 11) is 0. The van der Waals surface area contributed by atoms with Crippen molar-refractivity contribution in [2.45, 2.75) is 39.3 Å². The second-order valence-electron chi connectivity index (χ2n) is 5.61. The van der Waals surface area contributed by atoms with Crippen LogP contribution in [0.1, 0.15) is 42.9 Å². The first-order valence-electron chi connectivity index (χ1n) is 7.19. The first-order valence-corrected chi connectivity index (χ1v) is 7.99. The molecule has 1 atom stereocenters. The van der Waals surface area contributed by atoms with Crippen molar-refractivity contribution in [3.05, 3.63) is 58.3 Å². The molecule has 1 amide bonds. The molecule has 112 valence electrons. The van der Waals surface area contributed by atoms with E-state index >= 15 is 0 Å². The predicted octanol–water partition coefficient (Wildman–Crippen LogP) is 4.19. The standard InChI is InChI=1S/C17H21BrN2O/c1-12(2)20-11-15(18)10-16(20)17(21)19-13(3)9-14-7-5-4-6-8-14/h4-8,10-13H,9H2,1-3H3,(H,19,21). The molecule has 2 rings (SSSR count). The highest BCUT2D eigenvalue weighted by Crippen LogP contribution is 2.19. The Morgan fingerprint density at radius 1 is 1.24 bits per heavy atom. The number of rotatable bonds is 5. The normalized spacial score (nSPS) is 12.4. The molecule has 1 unspecified atom stereocenters. The maximum Gasteiger partial charge on any atom is 0.268 e. The fourth-order valence-electron chi connectivity index (χ4n) is 2.37. The fraction of sp³-hybridized carbons (Fsp3) is 0.353. The van der Waals surface area contributed by atoms with Crippen LogP contribution in [0.3, 0.4) is 0 Å². The summed E-state index contributed by atoms with van der Waals surface area (Å²) in [4.78, 5) is 12.4. The SMILES string of the molecule is CC(Cc1ccccc1)NC(=O)c1cc(Br)cn1C(C)C. The molecule has 1 aromatic heterocycles. The lowest BCUT2D eigenvalue weighted by molar-refractivity contribution is 0.0929. The first-order chi connectivity index (χ1) is 9.97. The highest BCUT2D eigenvalue weighted by molar-refractivity contribution is 9.10. The van der Waals surface area contributed by atoms with Crippen molar-refractivity contribution >= 4 is 21.8 Å². The third-order valence-electron chi connectivity index (χ3n) is 3.37. The van der Waals surface area contributed by atoms with Gasteiger partial charge in [-0.2, -0.15) is 0 Å². The maximum absolute atomic E-state index is 12.4. The summed E-state index contributed by atoms with van der Waals surface area (Å²) in [6, 6.07) is 12.4. The van der Waals surface area contributed by atoms with Gasteiger partial charge in [0, 0.05) is 22.8 Å². The fourth-order valence-corrected chi connectivity index (χ4v) is 2.81. The Labute approximate surface area is 134 Å². The third-order valence-corrected chi connectivity index (χ3v) is 3.80. The Hall–Kier alpha value is -1.55. The predicted molar refractivity (Wildman–Crippen MR) is 89.6 cm³/mol. The van der Waals surface area contributed by atoms with Gasteiger partial charge >= 0.3 is 0 Å². The second-order valence-corrected chi connectivity index (χ2v) is 6.52. The van der Waals surface area contributed by atoms with Crippen molar-refractivity contribution < 1.29 is 4.79 Å². The lowest BCUT2D eigenvalue weighted by atomic mass is 10.1. The van der Waals surface area contributed by atoms with Crippen molar-refractivity contribution in [3.63, 3.8) is 0 Å². The van der Waals surface area contributed by atoms with Gasteiger partial charge in [-0.3, -0.25) is 4.79 Å². The van der Waals surface area contributed by atoms with Crippen LogP contribution in [-0.4, -0.2) is 16.5 Å². The van der Waals surface area contributed by atoms with E-state index in [1.807, 2.05) is 42.0 Å². The molecule has 1 N–H and O–H groups in total. The molecule has 1 aromatic carbocycles. The number of aromatic nitrogens is 1. The molecular weight excluding hydrogens is 328 g/mol. The first kappa shape index (κ1) is 15.8. The Bertz CT molecular complexity index is 605. The summed E-state index contributed by atoms with van der Waals surface area (Å²) in [6.45, 7) is 6.16. The van der Waals surface area contributed by atoms with E-state index < -0.39 is 0 Å². The van der Waals surface area contributed by atoms with Gasteiger partial charge in [0.2, 0.25) is 0 Å². The lowest BCUT2D eigenvalue weighted by Crippen LogP contribution is -2.35. The number of hydrogen-bond acceptors (Lipinski definition) is 1. The molecule has 4 heteroatoms. The molecule has 21 heavy (non-hydrogen) atoms. The molecule has 0 aliphatic carbocycles. The van der Waals surface area contributed by atoms with Gasteiger partial charge in [-0.1, -0.05) is 30.3 Å². The minimum Gasteiger partial charge on any atom is -0.348 e. The number of hydrogen-bond donors (Lipinski definition) is 1. The Kier molecular flexibility index (Phi) is 5.23. The molecule has 2 aromatic rings. The summed E-state index contributed by atoms with van der Waals surface area (Å²) in [5.41, 5.74) is 1.92. The summed E-state index contributed by atoms with van der Waals surface area (Å²) in [6.07, 6.45) is 2.78. The van der Waals surface area contributed by atoms with Crippen LogP contribution >= 0.6 is 15.9 Å². The average Bonchev–Trinajstić information content (AvgIpc) is 2.82. The van der Waals surface area contributed by atoms with Gasteiger partial charge in [0.05, 0.1) is 0 Å². The van der Waals surface area contributed by atoms with Crippen LogP contribution in [0.15, 0.2) is 47.1 Å². The minimum atomic E-state index is -0.0298. The molecule has 0 aliphatic rings. The van der Waals surface area contributed by atoms with Crippen LogP contribution in [0.25, 0.3) is 0 Å². The molecule has 0 spiro atoms. The molecule has 0 bridgehead atoms. The summed E-state index contributed by atoms with van der Waals surface area (Å²) in [5.74, 6) is -0.0298. The van der Waals surface area contributed by atoms with Crippen molar-refractivity contribution in [1.82, 2.24) is 9.88 Å². The van der Waals surface area contributed by atoms with E-state index in [0.29, 0.717) is 5.69 Å². The molecule has 0 radical (unpaired) electrons. The van der Waals surface area contributed by atoms with Crippen molar-refractivity contribution in [3.8, 4) is 0 Å². The molecule has 1 heterocycles. The smallest absolute Gasteiger partial charge is 0.268 e. The van der Waals surface area contributed by atoms with Crippen molar-refractivity contribution in [1.29, 1.82) is 0 Å². The lowest BCUT2D eigenvalue weighted by Gasteiger charge is -2.16. The topological polar surface area (TPSA) is 34.0 Å². The van der Waals surface area contributed by atoms with Gasteiger partial charge in [-0.25, -0.2) is 0 Å². The molecule has 0 saturated carbocycles. The third kappa shape index (κ3) is 4.21. The average molecular weight is 349 g/mol. The van der Waals surface area contributed by atoms with Crippen LogP contribution in [0.4, 0.5) is 0 Å². The molecule has 0 aliphatic heterocycles. The van der Waals surface area contributed by atoms with E-state index in [1.54, 1.807) is 0 Å². The van der Waals surface area contributed by atoms with Crippen LogP contribution in [-0.2, 0) is 6.42 Å². The molecule has 3 nitrogen and oxygen atoms in total. The highest BCUT2D eigenvalue weighted by atomic mass is 79.9. The zero-order chi connectivity index (χ0) is 15.4. The number of nitrogens with one attached hydrogen (secondary N) is 1. The number of amides is 1. The van der Waals surface area contributed by atoms with Gasteiger partial charge in [-0.05, 0) is 54.8 Å². The Balaban J connectivity index is 2.04. The van der Waals surface area contributed by atoms with E-state index in [-0.39, 0.29) is 18.0 Å². The van der Waals surface area contributed by atoms with Crippen LogP contribution < -0.4 is 5.32 Å². The quantitative estimate of drug-likeness (QED) is 0.863. The van der Waals surface area contributed by atoms with Gasteiger partial charge < -0.3 is 9.88 Å². The van der Waals surface area contributed by atoms with E-state index in [4.69, 9.17) is 0 Å². The summed E-state index contributed by atoms with van der Waals surface area (Å²) >= 11 is 3.44. The largest absolute Gasteiger partial charge is 0.348 e. The number of carbonyl (C=O) groups excluding carboxylic acids is 1. The number of halogens is 1. The Morgan fingerprint density at radius 2 is 1.90 bits per heavy atom. The summed E-state index contributed by atoms with van der Waals surface area (Å²) in [5, 5.41) is 3.07. The molecule has 0 saturated heterocycles. The van der Waals surface area contributed by atoms with E-state index in [1.165, 1.54) is 5.56 Å². The molecule has 0 fully saturated rings. The number of benzene rings is 1. The number of carbonyl (C=O) groups is 1. The van der Waals surface area contributed by atoms with Gasteiger partial charge in [0.25, 0.3) is 5.91 Å². The zero-order valence-electron chi connectivity index (χ0n) is 12.6. The van der Waals surface area contributed by atoms with Crippen molar-refractivity contribution in [2.75, 3.05) is 0 Å². The molecular formula is C17H21BrN2O. The zero-order valence-corrected chi connectivity index (χ0v) is 14.2. The van der Waals surface area contributed by atoms with E-state index in [0.717, 1.165) is 10.9 Å². The van der Waals surface area contributed by atoms with Gasteiger partial charge in [0.1, 0.15) is 5.69 Å². The maximum atomic E-state index is 12.4. The van der Waals surface area contributed by atoms with E-state index in [9.17, 15) is 4.79 Å². The highest BCUT2D eigenvalue weighted by Gasteiger charge is 2.16. The van der Waals surface area contributed by atoms with Gasteiger partial charge in [0.15, 0.2) is 0 Å². The number of nitrogens with zero attached hydrogens (tertiary/aromatic N) is 1. The van der Waals surface area contributed by atoms with Crippen LogP contribution in [0.5, 0.6) is 0 Å². The van der Waals surface area contributed by atoms with Crippen LogP contribution in [0.2, 0.25) is 0 Å². The second kappa shape index (κ2) is 6.94. The summed E-state index contributed by atoms with van der Waals surface area (Å²) < 4.78 is 2.91. The van der Waals surface area contributed by atoms with E-state index in [2.05, 4.69) is 47.2 Å². The van der Waals surface area contributed by atoms with Crippen molar-refractivity contribution in [2.24, 2.45) is 0 Å². The minimum absolute atomic E-state index is 0.0298. The van der Waals surface area contributed by atoms with Gasteiger partial charge in [-0.15, -0.1) is 0 Å². The van der Waals surface area contributed by atoms with Crippen LogP contribution in [0, 0.1) is 0 Å².